The normalized spacial score (nSPS) is 13.7. The molecule has 0 spiro atoms. The van der Waals surface area contributed by atoms with Crippen molar-refractivity contribution in [1.82, 2.24) is 9.97 Å². The number of ether oxygens (including phenoxy) is 2. The zero-order valence-corrected chi connectivity index (χ0v) is 15.2. The summed E-state index contributed by atoms with van der Waals surface area (Å²) in [4.78, 5) is 8.25. The fourth-order valence-electron chi connectivity index (χ4n) is 1.34. The number of rotatable bonds is 10. The van der Waals surface area contributed by atoms with E-state index in [-0.39, 0.29) is 6.01 Å². The predicted molar refractivity (Wildman–Crippen MR) is 88.4 cm³/mol. The first kappa shape index (κ1) is 18.6. The first-order valence-corrected chi connectivity index (χ1v) is 11.4. The maximum absolute atomic E-state index is 12.7. The summed E-state index contributed by atoms with van der Waals surface area (Å²) in [5.41, 5.74) is 0.695. The van der Waals surface area contributed by atoms with E-state index < -0.39 is 5.77 Å². The van der Waals surface area contributed by atoms with Crippen molar-refractivity contribution >= 4 is 28.5 Å². The van der Waals surface area contributed by atoms with Crippen molar-refractivity contribution in [3.05, 3.63) is 11.8 Å². The van der Waals surface area contributed by atoms with Gasteiger partial charge < -0.3 is 14.0 Å². The highest BCUT2D eigenvalue weighted by Crippen LogP contribution is 2.70. The van der Waals surface area contributed by atoms with Gasteiger partial charge in [-0.3, -0.25) is 4.57 Å². The van der Waals surface area contributed by atoms with Crippen LogP contribution in [0.5, 0.6) is 11.9 Å². The Morgan fingerprint density at radius 2 is 1.95 bits per heavy atom. The zero-order valence-electron chi connectivity index (χ0n) is 12.7. The van der Waals surface area contributed by atoms with Gasteiger partial charge in [0.15, 0.2) is 0 Å². The third-order valence-electron chi connectivity index (χ3n) is 2.24. The smallest absolute Gasteiger partial charge is 0.319 e. The Morgan fingerprint density at radius 3 is 2.52 bits per heavy atom. The number of nitrogens with zero attached hydrogens (tertiary/aromatic N) is 2. The van der Waals surface area contributed by atoms with Crippen molar-refractivity contribution in [2.24, 2.45) is 0 Å². The third-order valence-corrected chi connectivity index (χ3v) is 9.82. The van der Waals surface area contributed by atoms with Gasteiger partial charge in [-0.05, 0) is 13.3 Å². The van der Waals surface area contributed by atoms with Crippen LogP contribution in [0.4, 0.5) is 0 Å². The SMILES string of the molecule is CCCSP(=O)(OCC)SCc1cc(OC)nc(OC)n1. The van der Waals surface area contributed by atoms with Crippen LogP contribution >= 0.6 is 28.5 Å². The lowest BCUT2D eigenvalue weighted by Gasteiger charge is -2.15. The summed E-state index contributed by atoms with van der Waals surface area (Å²) in [6, 6.07) is 1.94. The van der Waals surface area contributed by atoms with E-state index in [9.17, 15) is 4.57 Å². The second-order valence-corrected chi connectivity index (χ2v) is 11.4. The van der Waals surface area contributed by atoms with Crippen LogP contribution in [0.1, 0.15) is 26.0 Å². The lowest BCUT2D eigenvalue weighted by atomic mass is 10.4. The minimum absolute atomic E-state index is 0.234. The molecule has 0 amide bonds. The van der Waals surface area contributed by atoms with E-state index in [0.29, 0.717) is 23.9 Å². The van der Waals surface area contributed by atoms with Gasteiger partial charge in [0.05, 0.1) is 26.5 Å². The molecule has 0 fully saturated rings. The molecule has 9 heteroatoms. The Balaban J connectivity index is 2.77. The molecular weight excluding hydrogens is 331 g/mol. The van der Waals surface area contributed by atoms with Crippen molar-refractivity contribution in [3.63, 3.8) is 0 Å². The molecule has 1 heterocycles. The quantitative estimate of drug-likeness (QED) is 0.585. The summed E-state index contributed by atoms with van der Waals surface area (Å²) in [5, 5.41) is 0. The summed E-state index contributed by atoms with van der Waals surface area (Å²) in [5.74, 6) is -1.08. The molecule has 1 atom stereocenters. The molecule has 1 aromatic rings. The minimum atomic E-state index is -2.76. The second kappa shape index (κ2) is 9.56. The van der Waals surface area contributed by atoms with Crippen LogP contribution in [-0.4, -0.2) is 36.5 Å². The number of hydrogen-bond donors (Lipinski definition) is 0. The maximum Gasteiger partial charge on any atom is 0.319 e. The monoisotopic (exact) mass is 352 g/mol. The fourth-order valence-corrected chi connectivity index (χ4v) is 7.93. The van der Waals surface area contributed by atoms with Crippen molar-refractivity contribution in [2.45, 2.75) is 26.0 Å². The molecule has 0 saturated heterocycles. The average Bonchev–Trinajstić information content (AvgIpc) is 2.51. The van der Waals surface area contributed by atoms with Crippen LogP contribution in [0.2, 0.25) is 0 Å². The van der Waals surface area contributed by atoms with E-state index in [1.54, 1.807) is 6.07 Å². The van der Waals surface area contributed by atoms with E-state index in [1.807, 2.05) is 13.8 Å². The fraction of sp³-hybridized carbons (Fsp3) is 0.667. The highest BCUT2D eigenvalue weighted by atomic mass is 33.1. The van der Waals surface area contributed by atoms with Gasteiger partial charge in [0, 0.05) is 17.6 Å². The molecule has 0 bridgehead atoms. The van der Waals surface area contributed by atoms with E-state index >= 15 is 0 Å². The Hall–Kier alpha value is -0.430. The molecule has 0 N–H and O–H groups in total. The molecular formula is C12H21N2O4PS2. The van der Waals surface area contributed by atoms with Crippen molar-refractivity contribution in [3.8, 4) is 11.9 Å². The Labute approximate surface area is 133 Å². The molecule has 6 nitrogen and oxygen atoms in total. The molecule has 1 aromatic heterocycles. The Morgan fingerprint density at radius 1 is 1.19 bits per heavy atom. The molecule has 0 radical (unpaired) electrons. The van der Waals surface area contributed by atoms with Gasteiger partial charge in [-0.15, -0.1) is 0 Å². The van der Waals surface area contributed by atoms with Crippen LogP contribution in [-0.2, 0) is 14.8 Å². The molecule has 120 valence electrons. The second-order valence-electron chi connectivity index (χ2n) is 3.86. The third kappa shape index (κ3) is 6.46. The molecule has 0 saturated carbocycles. The van der Waals surface area contributed by atoms with E-state index in [0.717, 1.165) is 12.2 Å². The highest BCUT2D eigenvalue weighted by Gasteiger charge is 2.24. The van der Waals surface area contributed by atoms with E-state index in [1.165, 1.54) is 37.0 Å². The van der Waals surface area contributed by atoms with Gasteiger partial charge in [0.2, 0.25) is 5.88 Å². The van der Waals surface area contributed by atoms with Gasteiger partial charge in [0.25, 0.3) is 0 Å². The Bertz CT molecular complexity index is 468. The first-order valence-electron chi connectivity index (χ1n) is 6.56. The lowest BCUT2D eigenvalue weighted by Crippen LogP contribution is -1.99. The molecule has 0 aliphatic heterocycles. The summed E-state index contributed by atoms with van der Waals surface area (Å²) >= 11 is 2.65. The van der Waals surface area contributed by atoms with Gasteiger partial charge in [0.1, 0.15) is 0 Å². The molecule has 0 aromatic carbocycles. The topological polar surface area (TPSA) is 70.5 Å². The number of methoxy groups -OCH3 is 2. The van der Waals surface area contributed by atoms with Crippen LogP contribution in [0, 0.1) is 0 Å². The highest BCUT2D eigenvalue weighted by molar-refractivity contribution is 8.89. The minimum Gasteiger partial charge on any atom is -0.481 e. The largest absolute Gasteiger partial charge is 0.481 e. The average molecular weight is 352 g/mol. The number of hydrogen-bond acceptors (Lipinski definition) is 8. The van der Waals surface area contributed by atoms with Gasteiger partial charge >= 0.3 is 11.8 Å². The first-order chi connectivity index (χ1) is 10.1. The van der Waals surface area contributed by atoms with Crippen LogP contribution in [0.15, 0.2) is 6.07 Å². The molecule has 1 unspecified atom stereocenters. The number of aromatic nitrogens is 2. The van der Waals surface area contributed by atoms with E-state index in [2.05, 4.69) is 9.97 Å². The summed E-state index contributed by atoms with van der Waals surface area (Å²) < 4.78 is 28.2. The van der Waals surface area contributed by atoms with E-state index in [4.69, 9.17) is 14.0 Å². The van der Waals surface area contributed by atoms with Crippen molar-refractivity contribution < 1.29 is 18.6 Å². The zero-order chi connectivity index (χ0) is 15.7. The molecule has 21 heavy (non-hydrogen) atoms. The standard InChI is InChI=1S/C12H21N2O4PS2/c1-5-7-20-19(15,18-6-2)21-9-10-8-11(16-3)14-12(13-10)17-4/h8H,5-7,9H2,1-4H3. The van der Waals surface area contributed by atoms with Crippen LogP contribution in [0.25, 0.3) is 0 Å². The van der Waals surface area contributed by atoms with Crippen molar-refractivity contribution in [1.29, 1.82) is 0 Å². The molecule has 1 rings (SSSR count). The summed E-state index contributed by atoms with van der Waals surface area (Å²) in [6.45, 7) is 4.32. The van der Waals surface area contributed by atoms with Gasteiger partial charge in [-0.1, -0.05) is 29.7 Å². The predicted octanol–water partition coefficient (Wildman–Crippen LogP) is 4.01. The Kier molecular flexibility index (Phi) is 8.48. The summed E-state index contributed by atoms with van der Waals surface area (Å²) in [6.07, 6.45) is 0.956. The van der Waals surface area contributed by atoms with Gasteiger partial charge in [-0.2, -0.15) is 9.97 Å². The van der Waals surface area contributed by atoms with Gasteiger partial charge in [-0.25, -0.2) is 0 Å². The van der Waals surface area contributed by atoms with Crippen LogP contribution in [0.3, 0.4) is 0 Å². The molecule has 0 aliphatic rings. The maximum atomic E-state index is 12.7. The lowest BCUT2D eigenvalue weighted by molar-refractivity contribution is 0.350. The van der Waals surface area contributed by atoms with Crippen molar-refractivity contribution in [2.75, 3.05) is 26.6 Å². The molecule has 0 aliphatic carbocycles. The summed E-state index contributed by atoms with van der Waals surface area (Å²) in [7, 11) is 3.02. The van der Waals surface area contributed by atoms with Crippen LogP contribution < -0.4 is 9.47 Å².